The van der Waals surface area contributed by atoms with E-state index < -0.39 is 0 Å². The molecule has 0 aliphatic carbocycles. The molecule has 3 rings (SSSR count). The van der Waals surface area contributed by atoms with E-state index in [4.69, 9.17) is 10.1 Å². The van der Waals surface area contributed by atoms with Crippen molar-refractivity contribution in [2.75, 3.05) is 6.54 Å². The standard InChI is InChI=1S/C25H34N4O/c1-17-21(14-15-22(30)26-16-10-13-20-11-8-7-9-12-20)18(2)27-24-23(17)19(3)28-29(24)25(4,5)6/h7-9,11-12H,10,13-16H2,1-6H3,(H,26,30). The van der Waals surface area contributed by atoms with E-state index in [2.05, 4.69) is 57.3 Å². The van der Waals surface area contributed by atoms with Crippen LogP contribution in [0.3, 0.4) is 0 Å². The third kappa shape index (κ3) is 4.89. The van der Waals surface area contributed by atoms with Gasteiger partial charge in [-0.25, -0.2) is 9.67 Å². The van der Waals surface area contributed by atoms with Gasteiger partial charge in [-0.2, -0.15) is 5.10 Å². The Bertz CT molecular complexity index is 1030. The summed E-state index contributed by atoms with van der Waals surface area (Å²) in [6.07, 6.45) is 3.11. The number of amides is 1. The smallest absolute Gasteiger partial charge is 0.220 e. The monoisotopic (exact) mass is 406 g/mol. The van der Waals surface area contributed by atoms with Gasteiger partial charge in [-0.3, -0.25) is 4.79 Å². The van der Waals surface area contributed by atoms with Crippen LogP contribution >= 0.6 is 0 Å². The van der Waals surface area contributed by atoms with Gasteiger partial charge in [0, 0.05) is 24.0 Å². The van der Waals surface area contributed by atoms with Gasteiger partial charge in [-0.1, -0.05) is 30.3 Å². The molecule has 3 aromatic rings. The Morgan fingerprint density at radius 3 is 2.40 bits per heavy atom. The highest BCUT2D eigenvalue weighted by molar-refractivity contribution is 5.84. The summed E-state index contributed by atoms with van der Waals surface area (Å²) < 4.78 is 2.01. The first kappa shape index (κ1) is 22.0. The first-order valence-electron chi connectivity index (χ1n) is 10.8. The summed E-state index contributed by atoms with van der Waals surface area (Å²) >= 11 is 0. The average Bonchev–Trinajstić information content (AvgIpc) is 3.02. The summed E-state index contributed by atoms with van der Waals surface area (Å²) in [6, 6.07) is 10.4. The quantitative estimate of drug-likeness (QED) is 0.574. The third-order valence-corrected chi connectivity index (χ3v) is 5.62. The van der Waals surface area contributed by atoms with E-state index in [1.807, 2.05) is 24.6 Å². The Morgan fingerprint density at radius 2 is 1.73 bits per heavy atom. The topological polar surface area (TPSA) is 59.8 Å². The van der Waals surface area contributed by atoms with Crippen molar-refractivity contribution in [3.05, 3.63) is 58.4 Å². The summed E-state index contributed by atoms with van der Waals surface area (Å²) in [6.45, 7) is 13.3. The maximum Gasteiger partial charge on any atom is 0.220 e. The Balaban J connectivity index is 1.63. The van der Waals surface area contributed by atoms with E-state index in [1.54, 1.807) is 0 Å². The number of aromatic nitrogens is 3. The lowest BCUT2D eigenvalue weighted by molar-refractivity contribution is -0.121. The van der Waals surface area contributed by atoms with Gasteiger partial charge in [0.1, 0.15) is 0 Å². The van der Waals surface area contributed by atoms with E-state index in [9.17, 15) is 4.79 Å². The molecular formula is C25H34N4O. The Kier molecular flexibility index (Phi) is 6.59. The van der Waals surface area contributed by atoms with E-state index in [1.165, 1.54) is 16.7 Å². The maximum atomic E-state index is 12.4. The molecule has 1 aromatic carbocycles. The molecule has 0 spiro atoms. The number of carbonyl (C=O) groups is 1. The molecule has 0 saturated heterocycles. The molecule has 2 heterocycles. The number of nitrogens with zero attached hydrogens (tertiary/aromatic N) is 3. The number of hydrogen-bond acceptors (Lipinski definition) is 3. The zero-order valence-corrected chi connectivity index (χ0v) is 19.2. The summed E-state index contributed by atoms with van der Waals surface area (Å²) in [5.41, 5.74) is 6.46. The van der Waals surface area contributed by atoms with Gasteiger partial charge in [-0.15, -0.1) is 0 Å². The van der Waals surface area contributed by atoms with Crippen LogP contribution in [0.15, 0.2) is 30.3 Å². The normalized spacial score (nSPS) is 11.8. The zero-order chi connectivity index (χ0) is 21.9. The van der Waals surface area contributed by atoms with Gasteiger partial charge in [0.25, 0.3) is 0 Å². The van der Waals surface area contributed by atoms with Crippen LogP contribution in [0.2, 0.25) is 0 Å². The van der Waals surface area contributed by atoms with Crippen molar-refractivity contribution in [2.24, 2.45) is 0 Å². The van der Waals surface area contributed by atoms with E-state index in [0.717, 1.165) is 35.3 Å². The van der Waals surface area contributed by atoms with Crippen LogP contribution in [0.5, 0.6) is 0 Å². The van der Waals surface area contributed by atoms with Gasteiger partial charge in [0.05, 0.1) is 11.2 Å². The molecule has 2 aromatic heterocycles. The number of rotatable bonds is 7. The van der Waals surface area contributed by atoms with Gasteiger partial charge in [0.15, 0.2) is 5.65 Å². The van der Waals surface area contributed by atoms with E-state index in [-0.39, 0.29) is 11.4 Å². The van der Waals surface area contributed by atoms with Gasteiger partial charge < -0.3 is 5.32 Å². The van der Waals surface area contributed by atoms with Crippen LogP contribution in [0.4, 0.5) is 0 Å². The van der Waals surface area contributed by atoms with Gasteiger partial charge in [0.2, 0.25) is 5.91 Å². The largest absolute Gasteiger partial charge is 0.356 e. The predicted molar refractivity (Wildman–Crippen MR) is 123 cm³/mol. The molecule has 30 heavy (non-hydrogen) atoms. The van der Waals surface area contributed by atoms with Gasteiger partial charge in [-0.05, 0) is 77.5 Å². The lowest BCUT2D eigenvalue weighted by Gasteiger charge is -2.20. The van der Waals surface area contributed by atoms with Crippen molar-refractivity contribution >= 4 is 16.9 Å². The molecule has 0 atom stereocenters. The van der Waals surface area contributed by atoms with Crippen LogP contribution < -0.4 is 5.32 Å². The molecule has 0 radical (unpaired) electrons. The molecule has 0 aliphatic rings. The van der Waals surface area contributed by atoms with E-state index >= 15 is 0 Å². The van der Waals surface area contributed by atoms with Crippen molar-refractivity contribution in [3.8, 4) is 0 Å². The fraction of sp³-hybridized carbons (Fsp3) is 0.480. The highest BCUT2D eigenvalue weighted by Crippen LogP contribution is 2.29. The second kappa shape index (κ2) is 8.99. The molecule has 160 valence electrons. The van der Waals surface area contributed by atoms with Crippen molar-refractivity contribution in [1.29, 1.82) is 0 Å². The predicted octanol–water partition coefficient (Wildman–Crippen LogP) is 4.79. The number of nitrogens with one attached hydrogen (secondary N) is 1. The van der Waals surface area contributed by atoms with Gasteiger partial charge >= 0.3 is 0 Å². The fourth-order valence-corrected chi connectivity index (χ4v) is 4.03. The molecule has 0 aliphatic heterocycles. The molecule has 0 unspecified atom stereocenters. The lowest BCUT2D eigenvalue weighted by atomic mass is 9.99. The van der Waals surface area contributed by atoms with Crippen LogP contribution in [0, 0.1) is 20.8 Å². The Labute approximate surface area is 179 Å². The first-order chi connectivity index (χ1) is 14.2. The number of pyridine rings is 1. The molecule has 5 nitrogen and oxygen atoms in total. The van der Waals surface area contributed by atoms with Crippen molar-refractivity contribution in [3.63, 3.8) is 0 Å². The van der Waals surface area contributed by atoms with Crippen molar-refractivity contribution in [2.45, 2.75) is 72.8 Å². The van der Waals surface area contributed by atoms with Crippen molar-refractivity contribution < 1.29 is 4.79 Å². The molecule has 0 saturated carbocycles. The average molecular weight is 407 g/mol. The SMILES string of the molecule is Cc1nc2c(c(C)nn2C(C)(C)C)c(C)c1CCC(=O)NCCCc1ccccc1. The molecule has 1 amide bonds. The van der Waals surface area contributed by atoms with Crippen molar-refractivity contribution in [1.82, 2.24) is 20.1 Å². The molecular weight excluding hydrogens is 372 g/mol. The minimum atomic E-state index is -0.125. The fourth-order valence-electron chi connectivity index (χ4n) is 4.03. The summed E-state index contributed by atoms with van der Waals surface area (Å²) in [4.78, 5) is 17.2. The number of hydrogen-bond donors (Lipinski definition) is 1. The van der Waals surface area contributed by atoms with Crippen LogP contribution in [0.25, 0.3) is 11.0 Å². The zero-order valence-electron chi connectivity index (χ0n) is 19.2. The van der Waals surface area contributed by atoms with E-state index in [0.29, 0.717) is 19.4 Å². The van der Waals surface area contributed by atoms with Crippen LogP contribution in [-0.2, 0) is 23.2 Å². The second-order valence-electron chi connectivity index (χ2n) is 9.11. The third-order valence-electron chi connectivity index (χ3n) is 5.62. The summed E-state index contributed by atoms with van der Waals surface area (Å²) in [5.74, 6) is 0.101. The minimum Gasteiger partial charge on any atom is -0.356 e. The second-order valence-corrected chi connectivity index (χ2v) is 9.11. The first-order valence-corrected chi connectivity index (χ1v) is 10.8. The Hall–Kier alpha value is -2.69. The number of carbonyl (C=O) groups excluding carboxylic acids is 1. The molecule has 1 N–H and O–H groups in total. The number of benzene rings is 1. The lowest BCUT2D eigenvalue weighted by Crippen LogP contribution is -2.25. The number of aryl methyl sites for hydroxylation is 4. The van der Waals surface area contributed by atoms with Crippen LogP contribution in [0.1, 0.15) is 61.7 Å². The molecule has 0 bridgehead atoms. The number of fused-ring (bicyclic) bond motifs is 1. The highest BCUT2D eigenvalue weighted by Gasteiger charge is 2.23. The Morgan fingerprint density at radius 1 is 1.03 bits per heavy atom. The summed E-state index contributed by atoms with van der Waals surface area (Å²) in [7, 11) is 0. The summed E-state index contributed by atoms with van der Waals surface area (Å²) in [5, 5.41) is 8.93. The highest BCUT2D eigenvalue weighted by atomic mass is 16.1. The minimum absolute atomic E-state index is 0.101. The maximum absolute atomic E-state index is 12.4. The molecule has 0 fully saturated rings. The van der Waals surface area contributed by atoms with Crippen LogP contribution in [-0.4, -0.2) is 27.2 Å². The molecule has 5 heteroatoms.